The number of likely N-dealkylation sites (tertiary alicyclic amines) is 1. The molecule has 2 aromatic heterocycles. The normalized spacial score (nSPS) is 21.8. The molecule has 414 valence electrons. The number of hydrogen-bond acceptors (Lipinski definition) is 14. The highest BCUT2D eigenvalue weighted by molar-refractivity contribution is 6.31. The van der Waals surface area contributed by atoms with Crippen LogP contribution < -0.4 is 15.4 Å². The zero-order valence-electron chi connectivity index (χ0n) is 41.5. The lowest BCUT2D eigenvalue weighted by Crippen LogP contribution is -2.54. The molecule has 10 rings (SSSR count). The molecule has 4 aliphatic heterocycles. The number of hydrogen-bond donors (Lipinski definition) is 4. The van der Waals surface area contributed by atoms with Crippen molar-refractivity contribution in [2.24, 2.45) is 5.92 Å². The zero-order chi connectivity index (χ0) is 56.0. The van der Waals surface area contributed by atoms with Crippen molar-refractivity contribution in [2.75, 3.05) is 38.2 Å². The molecule has 6 aromatic rings. The van der Waals surface area contributed by atoms with Gasteiger partial charge >= 0.3 is 6.18 Å². The largest absolute Gasteiger partial charge is 0.493 e. The van der Waals surface area contributed by atoms with Crippen LogP contribution in [0.3, 0.4) is 0 Å². The lowest BCUT2D eigenvalue weighted by atomic mass is 9.91. The van der Waals surface area contributed by atoms with Gasteiger partial charge in [0.25, 0.3) is 11.8 Å². The van der Waals surface area contributed by atoms with Gasteiger partial charge < -0.3 is 39.5 Å². The molecule has 4 aliphatic rings. The fourth-order valence-electron chi connectivity index (χ4n) is 10.1. The van der Waals surface area contributed by atoms with Crippen molar-refractivity contribution in [2.45, 2.75) is 81.8 Å². The minimum Gasteiger partial charge on any atom is -0.493 e. The smallest absolute Gasteiger partial charge is 0.418 e. The van der Waals surface area contributed by atoms with Crippen LogP contribution in [0.15, 0.2) is 79.0 Å². The van der Waals surface area contributed by atoms with E-state index in [1.807, 2.05) is 0 Å². The summed E-state index contributed by atoms with van der Waals surface area (Å²) in [6.07, 6.45) is -8.66. The summed E-state index contributed by atoms with van der Waals surface area (Å²) in [4.78, 5) is 71.8. The average molecular weight is 1140 g/mol. The molecule has 79 heavy (non-hydrogen) atoms. The summed E-state index contributed by atoms with van der Waals surface area (Å²) in [6.45, 7) is 0.868. The predicted octanol–water partition coefficient (Wildman–Crippen LogP) is 6.19. The molecule has 0 aliphatic carbocycles. The number of anilines is 1. The number of piperidine rings is 2. The molecule has 27 heteroatoms. The van der Waals surface area contributed by atoms with Crippen LogP contribution in [0, 0.1) is 24.5 Å². The number of amides is 5. The highest BCUT2D eigenvalue weighted by atomic mass is 35.5. The van der Waals surface area contributed by atoms with Gasteiger partial charge in [-0.1, -0.05) is 28.4 Å². The first-order valence-corrected chi connectivity index (χ1v) is 25.5. The van der Waals surface area contributed by atoms with Gasteiger partial charge in [0, 0.05) is 53.5 Å². The summed E-state index contributed by atoms with van der Waals surface area (Å²) in [6, 6.07) is 13.8. The molecule has 20 nitrogen and oxygen atoms in total. The summed E-state index contributed by atoms with van der Waals surface area (Å²) in [5.41, 5.74) is -0.0836. The monoisotopic (exact) mass is 1140 g/mol. The standard InChI is InChI=1S/C52H47Cl2F5N10O10/c1-25-60-48(69(64-25)39-19-30(53)4-9-34(39)52(57,58)59)47-46(44(45(73)40(22-70)79-47)68-21-37(63-65-68)28-17-35(55)43(54)36(56)18-28)78-24-42(72)66-14-12-26(13-15-66)23-77-32-6-2-27(3-7-32)49(74)61-31-5-8-33-29(16-31)20-67(51(33)76)38-10-11-41(71)62-50(38)75/h2-9,16-19,21,26,38,40,44-47,70,73H,10-15,20,22-24H2,1H3,(H,61,74)(H,62,71,75)/t38?,40-,44+,45+,46-,47-/m1/s1. The summed E-state index contributed by atoms with van der Waals surface area (Å²) in [5.74, 6) is -4.19. The van der Waals surface area contributed by atoms with E-state index in [1.54, 1.807) is 47.4 Å². The number of imide groups is 1. The molecular formula is C52H47Cl2F5N10O10. The summed E-state index contributed by atoms with van der Waals surface area (Å²) in [7, 11) is 0. The topological polar surface area (TPSA) is 245 Å². The van der Waals surface area contributed by atoms with Crippen molar-refractivity contribution < 1.29 is 70.3 Å². The first-order valence-electron chi connectivity index (χ1n) is 24.8. The van der Waals surface area contributed by atoms with Crippen LogP contribution in [-0.2, 0) is 36.6 Å². The van der Waals surface area contributed by atoms with Crippen LogP contribution >= 0.6 is 23.2 Å². The number of carbonyl (C=O) groups is 5. The van der Waals surface area contributed by atoms with E-state index in [0.29, 0.717) is 41.0 Å². The van der Waals surface area contributed by atoms with Gasteiger partial charge in [0.05, 0.1) is 30.7 Å². The number of benzene rings is 4. The number of nitrogens with one attached hydrogen (secondary N) is 2. The van der Waals surface area contributed by atoms with Crippen LogP contribution in [0.4, 0.5) is 27.6 Å². The van der Waals surface area contributed by atoms with E-state index in [0.717, 1.165) is 39.7 Å². The Morgan fingerprint density at radius 1 is 0.962 bits per heavy atom. The maximum Gasteiger partial charge on any atom is 0.418 e. The first-order chi connectivity index (χ1) is 37.7. The van der Waals surface area contributed by atoms with Gasteiger partial charge in [-0.15, -0.1) is 5.10 Å². The van der Waals surface area contributed by atoms with Crippen molar-refractivity contribution in [1.29, 1.82) is 0 Å². The van der Waals surface area contributed by atoms with Gasteiger partial charge in [-0.25, -0.2) is 23.1 Å². The summed E-state index contributed by atoms with van der Waals surface area (Å²) >= 11 is 11.9. The van der Waals surface area contributed by atoms with Gasteiger partial charge in [0.15, 0.2) is 5.82 Å². The van der Waals surface area contributed by atoms with E-state index in [-0.39, 0.29) is 84.7 Å². The van der Waals surface area contributed by atoms with Crippen molar-refractivity contribution in [3.05, 3.63) is 135 Å². The lowest BCUT2D eigenvalue weighted by Gasteiger charge is -2.43. The van der Waals surface area contributed by atoms with Crippen LogP contribution in [0.1, 0.15) is 81.3 Å². The third-order valence-corrected chi connectivity index (χ3v) is 14.8. The van der Waals surface area contributed by atoms with Crippen molar-refractivity contribution >= 4 is 58.4 Å². The molecule has 1 unspecified atom stereocenters. The molecule has 0 bridgehead atoms. The number of aryl methyl sites for hydroxylation is 1. The Labute approximate surface area is 455 Å². The fraction of sp³-hybridized carbons (Fsp3) is 0.365. The number of nitrogens with zero attached hydrogens (tertiary/aromatic N) is 8. The SMILES string of the molecule is Cc1nc([C@@H]2O[C@H](CO)[C@H](O)[C@H](n3cc(-c4cc(F)c(Cl)c(F)c4)nn3)[C@H]2OCC(=O)N2CCC(COc3ccc(C(=O)Nc4ccc5c(c4)CN(C4CCC(=O)NC4=O)C5=O)cc3)CC2)n(-c2cc(Cl)ccc2C(F)(F)F)n1. The van der Waals surface area contributed by atoms with E-state index in [1.165, 1.54) is 18.0 Å². The molecule has 3 saturated heterocycles. The molecule has 0 saturated carbocycles. The Balaban J connectivity index is 0.799. The number of aliphatic hydroxyl groups is 2. The predicted molar refractivity (Wildman–Crippen MR) is 268 cm³/mol. The number of fused-ring (bicyclic) bond motifs is 1. The molecule has 6 heterocycles. The quantitative estimate of drug-likeness (QED) is 0.0540. The van der Waals surface area contributed by atoms with Crippen LogP contribution in [0.25, 0.3) is 16.9 Å². The van der Waals surface area contributed by atoms with E-state index in [4.69, 9.17) is 37.4 Å². The second-order valence-corrected chi connectivity index (χ2v) is 20.2. The van der Waals surface area contributed by atoms with Crippen molar-refractivity contribution in [3.8, 4) is 22.7 Å². The number of halogens is 7. The molecule has 5 amide bonds. The fourth-order valence-corrected chi connectivity index (χ4v) is 10.4. The van der Waals surface area contributed by atoms with E-state index < -0.39 is 102 Å². The first kappa shape index (κ1) is 54.9. The summed E-state index contributed by atoms with van der Waals surface area (Å²) in [5, 5.41) is 39.0. The number of rotatable bonds is 14. The Morgan fingerprint density at radius 3 is 2.39 bits per heavy atom. The van der Waals surface area contributed by atoms with E-state index >= 15 is 0 Å². The number of carbonyl (C=O) groups excluding carboxylic acids is 5. The Hall–Kier alpha value is -7.42. The number of aliphatic hydroxyl groups excluding tert-OH is 2. The number of alkyl halides is 3. The zero-order valence-corrected chi connectivity index (χ0v) is 43.0. The molecule has 0 spiro atoms. The Kier molecular flexibility index (Phi) is 15.6. The molecule has 4 aromatic carbocycles. The maximum absolute atomic E-state index is 14.6. The maximum atomic E-state index is 14.6. The second kappa shape index (κ2) is 22.4. The van der Waals surface area contributed by atoms with E-state index in [9.17, 15) is 56.1 Å². The Morgan fingerprint density at radius 2 is 1.70 bits per heavy atom. The molecule has 3 fully saturated rings. The van der Waals surface area contributed by atoms with Gasteiger partial charge in [0.1, 0.15) is 77.0 Å². The third kappa shape index (κ3) is 11.4. The Bertz CT molecular complexity index is 3330. The number of ether oxygens (including phenoxy) is 3. The average Bonchev–Trinajstić information content (AvgIpc) is 4.39. The molecule has 4 N–H and O–H groups in total. The molecule has 0 radical (unpaired) electrons. The van der Waals surface area contributed by atoms with Crippen LogP contribution in [-0.4, -0.2) is 137 Å². The highest BCUT2D eigenvalue weighted by Crippen LogP contribution is 2.43. The van der Waals surface area contributed by atoms with Gasteiger partial charge in [0.2, 0.25) is 17.7 Å². The lowest BCUT2D eigenvalue weighted by molar-refractivity contribution is -0.224. The minimum atomic E-state index is -4.91. The van der Waals surface area contributed by atoms with E-state index in [2.05, 4.69) is 31.0 Å². The van der Waals surface area contributed by atoms with Crippen LogP contribution in [0.2, 0.25) is 10.0 Å². The van der Waals surface area contributed by atoms with Crippen molar-refractivity contribution in [1.82, 2.24) is 44.9 Å². The molecule has 6 atom stereocenters. The molecular weight excluding hydrogens is 1090 g/mol. The second-order valence-electron chi connectivity index (χ2n) is 19.3. The van der Waals surface area contributed by atoms with Crippen molar-refractivity contribution in [3.63, 3.8) is 0 Å². The van der Waals surface area contributed by atoms with Crippen LogP contribution in [0.5, 0.6) is 5.75 Å². The van der Waals surface area contributed by atoms with Gasteiger partial charge in [-0.3, -0.25) is 29.3 Å². The summed E-state index contributed by atoms with van der Waals surface area (Å²) < 4.78 is 93.3. The van der Waals surface area contributed by atoms with Gasteiger partial charge in [-0.05, 0) is 110 Å². The minimum absolute atomic E-state index is 0.00314. The van der Waals surface area contributed by atoms with Gasteiger partial charge in [-0.2, -0.15) is 18.3 Å². The number of aromatic nitrogens is 6. The highest BCUT2D eigenvalue weighted by Gasteiger charge is 2.51. The third-order valence-electron chi connectivity index (χ3n) is 14.2.